The van der Waals surface area contributed by atoms with Crippen LogP contribution < -0.4 is 10.6 Å². The molecule has 1 aromatic heterocycles. The van der Waals surface area contributed by atoms with Gasteiger partial charge in [-0.25, -0.2) is 9.59 Å². The van der Waals surface area contributed by atoms with E-state index in [0.717, 1.165) is 29.1 Å². The van der Waals surface area contributed by atoms with Gasteiger partial charge >= 0.3 is 12.1 Å². The Kier molecular flexibility index (Phi) is 15.1. The number of aromatic nitrogens is 1. The lowest BCUT2D eigenvalue weighted by atomic mass is 9.86. The standard InChI is InChI=1S/C38H53N5O5S/c1-38(2,3)42(4)36(45)41-34(17-18-43-19-21-47-22-20-43)35(44)25-31(23-29-11-7-5-8-12-29)15-16-32(24-30-13-9-6-10-14-30)40-37(46)48-27-33-26-39-28-49-33/h5-14,26,28,31-32,34H,15-25,27H2,1-4H3,(H,40,46)(H,41,45)/t31-,32-,34+/m1/s1. The van der Waals surface area contributed by atoms with Crippen LogP contribution in [-0.4, -0.2) is 90.2 Å². The number of rotatable bonds is 17. The van der Waals surface area contributed by atoms with E-state index in [0.29, 0.717) is 58.3 Å². The van der Waals surface area contributed by atoms with Gasteiger partial charge in [0.15, 0.2) is 5.78 Å². The maximum atomic E-state index is 14.2. The molecule has 4 rings (SSSR count). The molecule has 1 fully saturated rings. The number of nitrogens with zero attached hydrogens (tertiary/aromatic N) is 3. The molecule has 2 heterocycles. The van der Waals surface area contributed by atoms with Crippen LogP contribution in [0.4, 0.5) is 9.59 Å². The number of Topliss-reactive ketones (excluding diaryl/α,β-unsaturated/α-hetero) is 1. The first kappa shape index (κ1) is 38.0. The van der Waals surface area contributed by atoms with Crippen molar-refractivity contribution in [3.05, 3.63) is 88.4 Å². The number of ether oxygens (including phenoxy) is 2. The van der Waals surface area contributed by atoms with E-state index in [9.17, 15) is 14.4 Å². The summed E-state index contributed by atoms with van der Waals surface area (Å²) in [5, 5.41) is 6.18. The second kappa shape index (κ2) is 19.4. The second-order valence-electron chi connectivity index (χ2n) is 13.9. The fourth-order valence-electron chi connectivity index (χ4n) is 5.87. The summed E-state index contributed by atoms with van der Waals surface area (Å²) < 4.78 is 11.0. The number of hydrogen-bond acceptors (Lipinski definition) is 8. The van der Waals surface area contributed by atoms with Crippen LogP contribution >= 0.6 is 11.3 Å². The summed E-state index contributed by atoms with van der Waals surface area (Å²) >= 11 is 1.44. The zero-order chi connectivity index (χ0) is 35.1. The number of amides is 3. The van der Waals surface area contributed by atoms with Crippen LogP contribution in [0, 0.1) is 5.92 Å². The molecule has 2 N–H and O–H groups in total. The van der Waals surface area contributed by atoms with Crippen molar-refractivity contribution in [3.8, 4) is 0 Å². The molecule has 266 valence electrons. The number of carbonyl (C=O) groups is 3. The monoisotopic (exact) mass is 691 g/mol. The van der Waals surface area contributed by atoms with Crippen molar-refractivity contribution in [2.45, 2.75) is 83.5 Å². The Bertz CT molecular complexity index is 1410. The Hall–Kier alpha value is -3.80. The Morgan fingerprint density at radius 3 is 2.20 bits per heavy atom. The minimum atomic E-state index is -0.613. The van der Waals surface area contributed by atoms with Gasteiger partial charge in [0.1, 0.15) is 6.61 Å². The number of hydrogen-bond donors (Lipinski definition) is 2. The van der Waals surface area contributed by atoms with E-state index in [1.165, 1.54) is 11.3 Å². The van der Waals surface area contributed by atoms with Crippen LogP contribution in [0.1, 0.15) is 62.5 Å². The highest BCUT2D eigenvalue weighted by Gasteiger charge is 2.29. The number of benzene rings is 2. The minimum absolute atomic E-state index is 0.00585. The SMILES string of the molecule is CN(C(=O)N[C@@H](CCN1CCOCC1)C(=O)C[C@H](CC[C@H](Cc1ccccc1)NC(=O)OCc1cncs1)Cc1ccccc1)C(C)(C)C. The number of urea groups is 1. The topological polar surface area (TPSA) is 113 Å². The Morgan fingerprint density at radius 1 is 0.939 bits per heavy atom. The molecule has 0 spiro atoms. The molecule has 2 aromatic carbocycles. The molecule has 0 saturated carbocycles. The normalized spacial score (nSPS) is 15.5. The molecular formula is C38H53N5O5S. The average Bonchev–Trinajstić information content (AvgIpc) is 3.62. The highest BCUT2D eigenvalue weighted by Crippen LogP contribution is 2.23. The van der Waals surface area contributed by atoms with Gasteiger partial charge in [0, 0.05) is 50.9 Å². The van der Waals surface area contributed by atoms with Crippen molar-refractivity contribution in [3.63, 3.8) is 0 Å². The molecule has 3 amide bonds. The third-order valence-electron chi connectivity index (χ3n) is 9.09. The van der Waals surface area contributed by atoms with Gasteiger partial charge in [0.05, 0.1) is 29.6 Å². The number of morpholine rings is 1. The fourth-order valence-corrected chi connectivity index (χ4v) is 6.38. The molecule has 3 aromatic rings. The van der Waals surface area contributed by atoms with Crippen molar-refractivity contribution in [2.24, 2.45) is 5.92 Å². The molecule has 11 heteroatoms. The van der Waals surface area contributed by atoms with Gasteiger partial charge in [0.25, 0.3) is 0 Å². The van der Waals surface area contributed by atoms with Crippen LogP contribution in [0.25, 0.3) is 0 Å². The number of ketones is 1. The quantitative estimate of drug-likeness (QED) is 0.176. The summed E-state index contributed by atoms with van der Waals surface area (Å²) in [7, 11) is 1.76. The number of carbonyl (C=O) groups excluding carboxylic acids is 3. The molecular weight excluding hydrogens is 639 g/mol. The van der Waals surface area contributed by atoms with Crippen LogP contribution in [0.2, 0.25) is 0 Å². The van der Waals surface area contributed by atoms with Crippen molar-refractivity contribution >= 4 is 29.2 Å². The molecule has 49 heavy (non-hydrogen) atoms. The smallest absolute Gasteiger partial charge is 0.407 e. The Balaban J connectivity index is 1.48. The molecule has 1 aliphatic rings. The van der Waals surface area contributed by atoms with Gasteiger partial charge in [0.2, 0.25) is 0 Å². The molecule has 0 radical (unpaired) electrons. The maximum absolute atomic E-state index is 14.2. The zero-order valence-electron chi connectivity index (χ0n) is 29.4. The maximum Gasteiger partial charge on any atom is 0.407 e. The lowest BCUT2D eigenvalue weighted by Gasteiger charge is -2.34. The van der Waals surface area contributed by atoms with E-state index in [1.807, 2.05) is 57.2 Å². The second-order valence-corrected chi connectivity index (χ2v) is 14.8. The number of alkyl carbamates (subject to hydrolysis) is 1. The molecule has 3 atom stereocenters. The highest BCUT2D eigenvalue weighted by atomic mass is 32.1. The van der Waals surface area contributed by atoms with Crippen LogP contribution in [-0.2, 0) is 33.7 Å². The van der Waals surface area contributed by atoms with Crippen molar-refractivity contribution in [1.82, 2.24) is 25.4 Å². The largest absolute Gasteiger partial charge is 0.444 e. The molecule has 1 aliphatic heterocycles. The first-order chi connectivity index (χ1) is 23.6. The van der Waals surface area contributed by atoms with Gasteiger partial charge in [-0.3, -0.25) is 14.7 Å². The van der Waals surface area contributed by atoms with Crippen molar-refractivity contribution in [1.29, 1.82) is 0 Å². The summed E-state index contributed by atoms with van der Waals surface area (Å²) in [6, 6.07) is 19.2. The third-order valence-corrected chi connectivity index (χ3v) is 9.84. The van der Waals surface area contributed by atoms with E-state index >= 15 is 0 Å². The van der Waals surface area contributed by atoms with Crippen LogP contribution in [0.5, 0.6) is 0 Å². The lowest BCUT2D eigenvalue weighted by Crippen LogP contribution is -2.53. The summed E-state index contributed by atoms with van der Waals surface area (Å²) in [5.41, 5.74) is 3.59. The lowest BCUT2D eigenvalue weighted by molar-refractivity contribution is -0.122. The Labute approximate surface area is 295 Å². The van der Waals surface area contributed by atoms with E-state index in [1.54, 1.807) is 23.7 Å². The predicted molar refractivity (Wildman–Crippen MR) is 194 cm³/mol. The van der Waals surface area contributed by atoms with Gasteiger partial charge in [-0.1, -0.05) is 60.7 Å². The first-order valence-electron chi connectivity index (χ1n) is 17.3. The van der Waals surface area contributed by atoms with Gasteiger partial charge in [-0.15, -0.1) is 11.3 Å². The molecule has 0 aliphatic carbocycles. The predicted octanol–water partition coefficient (Wildman–Crippen LogP) is 6.11. The van der Waals surface area contributed by atoms with Crippen molar-refractivity contribution < 1.29 is 23.9 Å². The molecule has 1 saturated heterocycles. The number of thiazole rings is 1. The third kappa shape index (κ3) is 13.6. The number of nitrogens with one attached hydrogen (secondary N) is 2. The van der Waals surface area contributed by atoms with Gasteiger partial charge in [-0.2, -0.15) is 0 Å². The van der Waals surface area contributed by atoms with Crippen LogP contribution in [0.3, 0.4) is 0 Å². The molecule has 10 nitrogen and oxygen atoms in total. The van der Waals surface area contributed by atoms with E-state index < -0.39 is 12.1 Å². The van der Waals surface area contributed by atoms with Crippen LogP contribution in [0.15, 0.2) is 72.4 Å². The van der Waals surface area contributed by atoms with E-state index in [-0.39, 0.29) is 35.9 Å². The average molecular weight is 692 g/mol. The minimum Gasteiger partial charge on any atom is -0.444 e. The van der Waals surface area contributed by atoms with E-state index in [2.05, 4.69) is 44.8 Å². The van der Waals surface area contributed by atoms with Crippen molar-refractivity contribution in [2.75, 3.05) is 39.9 Å². The van der Waals surface area contributed by atoms with E-state index in [4.69, 9.17) is 9.47 Å². The first-order valence-corrected chi connectivity index (χ1v) is 18.2. The summed E-state index contributed by atoms with van der Waals surface area (Å²) in [6.07, 6.45) is 4.79. The fraction of sp³-hybridized carbons (Fsp3) is 0.526. The Morgan fingerprint density at radius 2 is 1.59 bits per heavy atom. The summed E-state index contributed by atoms with van der Waals surface area (Å²) in [6.45, 7) is 9.77. The summed E-state index contributed by atoms with van der Waals surface area (Å²) in [5.74, 6) is 0.0349. The molecule has 0 bridgehead atoms. The van der Waals surface area contributed by atoms with Gasteiger partial charge < -0.3 is 25.0 Å². The highest BCUT2D eigenvalue weighted by molar-refractivity contribution is 7.09. The van der Waals surface area contributed by atoms with Gasteiger partial charge in [-0.05, 0) is 69.9 Å². The molecule has 0 unspecified atom stereocenters. The zero-order valence-corrected chi connectivity index (χ0v) is 30.3. The summed E-state index contributed by atoms with van der Waals surface area (Å²) in [4.78, 5) is 49.3.